The third-order valence-electron chi connectivity index (χ3n) is 2.92. The molecule has 1 aliphatic heterocycles. The predicted octanol–water partition coefficient (Wildman–Crippen LogP) is 1.79. The van der Waals surface area contributed by atoms with E-state index in [1.54, 1.807) is 26.0 Å². The van der Waals surface area contributed by atoms with Gasteiger partial charge in [0.2, 0.25) is 0 Å². The van der Waals surface area contributed by atoms with Crippen molar-refractivity contribution in [2.24, 2.45) is 5.14 Å². The predicted molar refractivity (Wildman–Crippen MR) is 79.1 cm³/mol. The van der Waals surface area contributed by atoms with Gasteiger partial charge in [-0.1, -0.05) is 17.7 Å². The van der Waals surface area contributed by atoms with Crippen LogP contribution in [-0.4, -0.2) is 24.5 Å². The van der Waals surface area contributed by atoms with E-state index in [4.69, 9.17) is 5.14 Å². The quantitative estimate of drug-likeness (QED) is 0.633. The molecular weight excluding hydrogens is 282 g/mol. The van der Waals surface area contributed by atoms with Gasteiger partial charge in [-0.3, -0.25) is 0 Å². The van der Waals surface area contributed by atoms with E-state index in [0.717, 1.165) is 5.56 Å². The monoisotopic (exact) mass is 303 g/mol. The second kappa shape index (κ2) is 6.74. The number of aryl methyl sites for hydroxylation is 3. The molecule has 0 saturated carbocycles. The van der Waals surface area contributed by atoms with Crippen molar-refractivity contribution in [2.75, 3.05) is 11.5 Å². The van der Waals surface area contributed by atoms with Crippen molar-refractivity contribution in [3.05, 3.63) is 28.8 Å². The third kappa shape index (κ3) is 5.14. The van der Waals surface area contributed by atoms with E-state index in [0.29, 0.717) is 22.2 Å². The van der Waals surface area contributed by atoms with Gasteiger partial charge in [-0.05, 0) is 44.7 Å². The summed E-state index contributed by atoms with van der Waals surface area (Å²) in [5.74, 6) is 2.58. The second-order valence-corrected chi connectivity index (χ2v) is 8.04. The summed E-state index contributed by atoms with van der Waals surface area (Å²) in [7, 11) is -4.33. The lowest BCUT2D eigenvalue weighted by Gasteiger charge is -2.14. The highest BCUT2D eigenvalue weighted by atomic mass is 32.2. The van der Waals surface area contributed by atoms with Crippen molar-refractivity contribution in [1.29, 1.82) is 0 Å². The molecule has 1 fully saturated rings. The fourth-order valence-corrected chi connectivity index (χ4v) is 4.50. The van der Waals surface area contributed by atoms with Crippen molar-refractivity contribution < 1.29 is 13.0 Å². The molecule has 0 aliphatic carbocycles. The summed E-state index contributed by atoms with van der Waals surface area (Å²) >= 11 is 0.327. The Morgan fingerprint density at radius 3 is 1.79 bits per heavy atom. The van der Waals surface area contributed by atoms with Gasteiger partial charge in [0.25, 0.3) is 0 Å². The Hall–Kier alpha value is -0.560. The van der Waals surface area contributed by atoms with Crippen LogP contribution in [0.2, 0.25) is 0 Å². The summed E-state index contributed by atoms with van der Waals surface area (Å²) in [5, 5.41) is 5.56. The molecule has 0 radical (unpaired) electrons. The summed E-state index contributed by atoms with van der Waals surface area (Å²) in [6, 6.07) is 3.38. The smallest absolute Gasteiger partial charge is 0.127 e. The van der Waals surface area contributed by atoms with Gasteiger partial charge in [-0.15, -0.1) is 0 Å². The minimum absolute atomic E-state index is 0.0851. The van der Waals surface area contributed by atoms with Gasteiger partial charge in [0.05, 0.1) is 16.0 Å². The zero-order valence-electron chi connectivity index (χ0n) is 11.6. The van der Waals surface area contributed by atoms with Crippen LogP contribution in [0, 0.1) is 20.8 Å². The first-order chi connectivity index (χ1) is 8.71. The first kappa shape index (κ1) is 16.5. The largest absolute Gasteiger partial charge is 0.744 e. The standard InChI is InChI=1S/C9H12O3S.C4H10NS/c1-6-4-7(2)9(8(3)5-6)13(10,11)12;5-6-3-1-2-4-6/h4-5H,1-3H3,(H,10,11,12);1-5H2/q;+1/p-1. The average molecular weight is 303 g/mol. The molecule has 4 nitrogen and oxygen atoms in total. The Morgan fingerprint density at radius 2 is 1.53 bits per heavy atom. The van der Waals surface area contributed by atoms with Crippen LogP contribution in [-0.2, 0) is 21.2 Å². The molecule has 19 heavy (non-hydrogen) atoms. The molecule has 0 unspecified atom stereocenters. The average Bonchev–Trinajstić information content (AvgIpc) is 2.65. The minimum atomic E-state index is -4.33. The van der Waals surface area contributed by atoms with Gasteiger partial charge >= 0.3 is 0 Å². The maximum Gasteiger partial charge on any atom is 0.127 e. The number of hydrogen-bond acceptors (Lipinski definition) is 4. The Balaban J connectivity index is 0.000000250. The molecular formula is C13H21NO3S2. The second-order valence-electron chi connectivity index (χ2n) is 4.83. The van der Waals surface area contributed by atoms with E-state index in [1.165, 1.54) is 24.3 Å². The summed E-state index contributed by atoms with van der Waals surface area (Å²) in [6.45, 7) is 5.12. The highest BCUT2D eigenvalue weighted by Gasteiger charge is 2.18. The molecule has 1 aromatic rings. The van der Waals surface area contributed by atoms with E-state index < -0.39 is 10.1 Å². The zero-order chi connectivity index (χ0) is 14.6. The van der Waals surface area contributed by atoms with Crippen molar-refractivity contribution in [3.63, 3.8) is 0 Å². The van der Waals surface area contributed by atoms with Gasteiger partial charge in [0.15, 0.2) is 0 Å². The van der Waals surface area contributed by atoms with Crippen LogP contribution in [0.15, 0.2) is 17.0 Å². The number of rotatable bonds is 1. The Morgan fingerprint density at radius 1 is 1.11 bits per heavy atom. The first-order valence-corrected chi connectivity index (χ1v) is 9.21. The molecule has 2 rings (SSSR count). The lowest BCUT2D eigenvalue weighted by atomic mass is 10.1. The third-order valence-corrected chi connectivity index (χ3v) is 5.69. The highest BCUT2D eigenvalue weighted by molar-refractivity contribution is 7.94. The summed E-state index contributed by atoms with van der Waals surface area (Å²) in [6.07, 6.45) is 2.75. The molecule has 1 heterocycles. The maximum atomic E-state index is 10.8. The van der Waals surface area contributed by atoms with Gasteiger partial charge in [0.1, 0.15) is 21.6 Å². The van der Waals surface area contributed by atoms with E-state index in [-0.39, 0.29) is 4.90 Å². The summed E-state index contributed by atoms with van der Waals surface area (Å²) in [5.41, 5.74) is 2.00. The van der Waals surface area contributed by atoms with Gasteiger partial charge in [0, 0.05) is 0 Å². The van der Waals surface area contributed by atoms with Crippen LogP contribution in [0.3, 0.4) is 0 Å². The lowest BCUT2D eigenvalue weighted by Crippen LogP contribution is -2.13. The molecule has 0 spiro atoms. The molecule has 6 heteroatoms. The zero-order valence-corrected chi connectivity index (χ0v) is 13.2. The van der Waals surface area contributed by atoms with Crippen molar-refractivity contribution in [3.8, 4) is 0 Å². The molecule has 108 valence electrons. The SMILES string of the molecule is Cc1cc(C)c(S(=O)(=O)[O-])c(C)c1.N[S+]1CCCC1. The first-order valence-electron chi connectivity index (χ1n) is 6.17. The molecule has 0 atom stereocenters. The topological polar surface area (TPSA) is 83.2 Å². The Bertz CT molecular complexity index is 512. The van der Waals surface area contributed by atoms with Crippen LogP contribution in [0.1, 0.15) is 29.5 Å². The van der Waals surface area contributed by atoms with Crippen LogP contribution in [0.4, 0.5) is 0 Å². The fourth-order valence-electron chi connectivity index (χ4n) is 2.24. The number of benzene rings is 1. The lowest BCUT2D eigenvalue weighted by molar-refractivity contribution is 0.462. The van der Waals surface area contributed by atoms with E-state index in [2.05, 4.69) is 0 Å². The van der Waals surface area contributed by atoms with E-state index in [1.807, 2.05) is 6.92 Å². The van der Waals surface area contributed by atoms with Crippen LogP contribution in [0.5, 0.6) is 0 Å². The van der Waals surface area contributed by atoms with Gasteiger partial charge < -0.3 is 4.55 Å². The van der Waals surface area contributed by atoms with E-state index in [9.17, 15) is 13.0 Å². The minimum Gasteiger partial charge on any atom is -0.744 e. The normalized spacial score (nSPS) is 16.1. The van der Waals surface area contributed by atoms with Crippen molar-refractivity contribution >= 4 is 21.2 Å². The molecule has 2 N–H and O–H groups in total. The number of nitrogens with two attached hydrogens (primary N) is 1. The van der Waals surface area contributed by atoms with Gasteiger partial charge in [-0.25, -0.2) is 8.42 Å². The van der Waals surface area contributed by atoms with Crippen LogP contribution in [0.25, 0.3) is 0 Å². The molecule has 0 aromatic heterocycles. The highest BCUT2D eigenvalue weighted by Crippen LogP contribution is 2.20. The van der Waals surface area contributed by atoms with Gasteiger partial charge in [-0.2, -0.15) is 5.14 Å². The van der Waals surface area contributed by atoms with Crippen LogP contribution >= 0.6 is 0 Å². The van der Waals surface area contributed by atoms with E-state index >= 15 is 0 Å². The fraction of sp³-hybridized carbons (Fsp3) is 0.538. The molecule has 1 aliphatic rings. The summed E-state index contributed by atoms with van der Waals surface area (Å²) < 4.78 is 32.5. The number of hydrogen-bond donors (Lipinski definition) is 1. The molecule has 1 saturated heterocycles. The molecule has 0 amide bonds. The molecule has 1 aromatic carbocycles. The Kier molecular flexibility index (Phi) is 5.85. The molecule has 0 bridgehead atoms. The van der Waals surface area contributed by atoms with Crippen molar-refractivity contribution in [2.45, 2.75) is 38.5 Å². The van der Waals surface area contributed by atoms with Crippen LogP contribution < -0.4 is 5.14 Å². The van der Waals surface area contributed by atoms with Crippen molar-refractivity contribution in [1.82, 2.24) is 0 Å². The maximum absolute atomic E-state index is 10.8. The summed E-state index contributed by atoms with van der Waals surface area (Å²) in [4.78, 5) is -0.0851. The Labute approximate surface area is 118 Å².